The van der Waals surface area contributed by atoms with Crippen LogP contribution >= 0.6 is 11.6 Å². The summed E-state index contributed by atoms with van der Waals surface area (Å²) < 4.78 is 0. The highest BCUT2D eigenvalue weighted by molar-refractivity contribution is 6.32. The number of hydrogen-bond donors (Lipinski definition) is 2. The molecule has 1 aromatic rings. The number of nitro groups is 1. The van der Waals surface area contributed by atoms with Crippen LogP contribution < -0.4 is 5.32 Å². The van der Waals surface area contributed by atoms with Crippen molar-refractivity contribution in [3.05, 3.63) is 38.9 Å². The molecule has 0 aliphatic carbocycles. The van der Waals surface area contributed by atoms with Crippen LogP contribution in [0.15, 0.2) is 18.2 Å². The molecule has 1 rings (SSSR count). The van der Waals surface area contributed by atoms with Gasteiger partial charge >= 0.3 is 0 Å². The van der Waals surface area contributed by atoms with E-state index in [2.05, 4.69) is 5.32 Å². The zero-order valence-corrected chi connectivity index (χ0v) is 11.0. The van der Waals surface area contributed by atoms with Crippen LogP contribution in [-0.2, 0) is 6.54 Å². The van der Waals surface area contributed by atoms with E-state index >= 15 is 0 Å². The largest absolute Gasteiger partial charge is 0.393 e. The summed E-state index contributed by atoms with van der Waals surface area (Å²) in [5, 5.41) is 23.3. The van der Waals surface area contributed by atoms with E-state index in [9.17, 15) is 15.2 Å². The van der Waals surface area contributed by atoms with E-state index in [0.717, 1.165) is 12.0 Å². The number of aliphatic hydroxyl groups is 1. The van der Waals surface area contributed by atoms with Crippen LogP contribution in [0.3, 0.4) is 0 Å². The third kappa shape index (κ3) is 4.60. The summed E-state index contributed by atoms with van der Waals surface area (Å²) in [6.45, 7) is 3.12. The lowest BCUT2D eigenvalue weighted by molar-refractivity contribution is -0.384. The Morgan fingerprint density at radius 3 is 2.89 bits per heavy atom. The summed E-state index contributed by atoms with van der Waals surface area (Å²) in [4.78, 5) is 10.2. The van der Waals surface area contributed by atoms with Gasteiger partial charge < -0.3 is 10.4 Å². The minimum absolute atomic E-state index is 0.0791. The van der Waals surface area contributed by atoms with Crippen LogP contribution in [0.2, 0.25) is 5.02 Å². The smallest absolute Gasteiger partial charge is 0.288 e. The molecule has 0 bridgehead atoms. The van der Waals surface area contributed by atoms with E-state index in [-0.39, 0.29) is 16.8 Å². The average Bonchev–Trinajstić information content (AvgIpc) is 2.35. The Labute approximate surface area is 111 Å². The number of halogens is 1. The predicted octanol–water partition coefficient (Wildman–Crippen LogP) is 2.50. The fourth-order valence-corrected chi connectivity index (χ4v) is 1.70. The van der Waals surface area contributed by atoms with Crippen LogP contribution in [0.5, 0.6) is 0 Å². The molecule has 0 aliphatic heterocycles. The zero-order chi connectivity index (χ0) is 13.5. The molecular formula is C12H17ClN2O3. The van der Waals surface area contributed by atoms with Crippen molar-refractivity contribution in [2.75, 3.05) is 6.54 Å². The van der Waals surface area contributed by atoms with Crippen LogP contribution in [0.4, 0.5) is 5.69 Å². The highest BCUT2D eigenvalue weighted by Crippen LogP contribution is 2.24. The van der Waals surface area contributed by atoms with Crippen molar-refractivity contribution < 1.29 is 10.0 Å². The van der Waals surface area contributed by atoms with Crippen molar-refractivity contribution in [3.8, 4) is 0 Å². The maximum atomic E-state index is 10.7. The molecule has 0 radical (unpaired) electrons. The lowest BCUT2D eigenvalue weighted by Gasteiger charge is -2.08. The van der Waals surface area contributed by atoms with Crippen molar-refractivity contribution in [2.45, 2.75) is 32.4 Å². The van der Waals surface area contributed by atoms with Gasteiger partial charge in [0.05, 0.1) is 11.0 Å². The van der Waals surface area contributed by atoms with Gasteiger partial charge in [-0.2, -0.15) is 0 Å². The predicted molar refractivity (Wildman–Crippen MR) is 70.7 cm³/mol. The molecule has 100 valence electrons. The first-order valence-corrected chi connectivity index (χ1v) is 6.24. The molecule has 0 aliphatic rings. The van der Waals surface area contributed by atoms with Gasteiger partial charge in [0.1, 0.15) is 5.02 Å². The van der Waals surface area contributed by atoms with Crippen molar-refractivity contribution in [1.82, 2.24) is 5.32 Å². The van der Waals surface area contributed by atoms with Gasteiger partial charge in [0.15, 0.2) is 0 Å². The Hall–Kier alpha value is -1.17. The van der Waals surface area contributed by atoms with Gasteiger partial charge in [-0.05, 0) is 31.0 Å². The van der Waals surface area contributed by atoms with E-state index in [1.165, 1.54) is 12.1 Å². The molecule has 0 saturated carbocycles. The number of aliphatic hydroxyl groups excluding tert-OH is 1. The second-order valence-corrected chi connectivity index (χ2v) is 4.48. The van der Waals surface area contributed by atoms with Gasteiger partial charge in [0.2, 0.25) is 0 Å². The number of rotatable bonds is 7. The van der Waals surface area contributed by atoms with E-state index < -0.39 is 4.92 Å². The summed E-state index contributed by atoms with van der Waals surface area (Å²) in [6, 6.07) is 4.74. The monoisotopic (exact) mass is 272 g/mol. The fraction of sp³-hybridized carbons (Fsp3) is 0.500. The van der Waals surface area contributed by atoms with Gasteiger partial charge in [-0.1, -0.05) is 24.6 Å². The third-order valence-electron chi connectivity index (χ3n) is 2.66. The Bertz CT molecular complexity index is 412. The number of hydrogen-bond acceptors (Lipinski definition) is 4. The molecule has 18 heavy (non-hydrogen) atoms. The maximum Gasteiger partial charge on any atom is 0.288 e. The summed E-state index contributed by atoms with van der Waals surface area (Å²) in [5.74, 6) is 0. The lowest BCUT2D eigenvalue weighted by atomic mass is 10.2. The number of nitrogens with one attached hydrogen (secondary N) is 1. The first-order chi connectivity index (χ1) is 8.54. The number of nitrogens with zero attached hydrogens (tertiary/aromatic N) is 1. The van der Waals surface area contributed by atoms with Crippen molar-refractivity contribution >= 4 is 17.3 Å². The quantitative estimate of drug-likeness (QED) is 0.454. The lowest BCUT2D eigenvalue weighted by Crippen LogP contribution is -2.19. The second kappa shape index (κ2) is 7.31. The molecule has 5 nitrogen and oxygen atoms in total. The molecular weight excluding hydrogens is 256 g/mol. The molecule has 0 amide bonds. The highest BCUT2D eigenvalue weighted by Gasteiger charge is 2.12. The summed E-state index contributed by atoms with van der Waals surface area (Å²) in [6.07, 6.45) is 1.11. The minimum Gasteiger partial charge on any atom is -0.393 e. The third-order valence-corrected chi connectivity index (χ3v) is 2.98. The van der Waals surface area contributed by atoms with Crippen LogP contribution in [-0.4, -0.2) is 22.7 Å². The molecule has 0 spiro atoms. The van der Waals surface area contributed by atoms with Gasteiger partial charge in [0.25, 0.3) is 5.69 Å². The van der Waals surface area contributed by atoms with Gasteiger partial charge in [-0.25, -0.2) is 0 Å². The SMILES string of the molecule is CCC(O)CCNCc1ccc(Cl)c([N+](=O)[O-])c1. The summed E-state index contributed by atoms with van der Waals surface area (Å²) >= 11 is 5.72. The van der Waals surface area contributed by atoms with Crippen LogP contribution in [0, 0.1) is 10.1 Å². The first kappa shape index (κ1) is 14.9. The molecule has 0 fully saturated rings. The van der Waals surface area contributed by atoms with Gasteiger partial charge in [0, 0.05) is 12.6 Å². The van der Waals surface area contributed by atoms with Crippen LogP contribution in [0.25, 0.3) is 0 Å². The molecule has 0 heterocycles. The highest BCUT2D eigenvalue weighted by atomic mass is 35.5. The normalized spacial score (nSPS) is 12.4. The first-order valence-electron chi connectivity index (χ1n) is 5.86. The van der Waals surface area contributed by atoms with Crippen molar-refractivity contribution in [1.29, 1.82) is 0 Å². The Morgan fingerprint density at radius 1 is 1.56 bits per heavy atom. The molecule has 2 N–H and O–H groups in total. The Morgan fingerprint density at radius 2 is 2.28 bits per heavy atom. The van der Waals surface area contributed by atoms with Gasteiger partial charge in [-0.3, -0.25) is 10.1 Å². The summed E-state index contributed by atoms with van der Waals surface area (Å²) in [7, 11) is 0. The molecule has 1 aromatic carbocycles. The molecule has 6 heteroatoms. The molecule has 0 saturated heterocycles. The standard InChI is InChI=1S/C12H17ClN2O3/c1-2-10(16)5-6-14-8-9-3-4-11(13)12(7-9)15(17)18/h3-4,7,10,14,16H,2,5-6,8H2,1H3. The second-order valence-electron chi connectivity index (χ2n) is 4.07. The Kier molecular flexibility index (Phi) is 6.04. The van der Waals surface area contributed by atoms with E-state index in [0.29, 0.717) is 19.5 Å². The van der Waals surface area contributed by atoms with Gasteiger partial charge in [-0.15, -0.1) is 0 Å². The Balaban J connectivity index is 2.48. The van der Waals surface area contributed by atoms with Crippen molar-refractivity contribution in [2.24, 2.45) is 0 Å². The van der Waals surface area contributed by atoms with E-state index in [1.807, 2.05) is 6.92 Å². The minimum atomic E-state index is -0.493. The molecule has 0 aromatic heterocycles. The zero-order valence-electron chi connectivity index (χ0n) is 10.2. The average molecular weight is 273 g/mol. The van der Waals surface area contributed by atoms with E-state index in [1.54, 1.807) is 6.07 Å². The molecule has 1 atom stereocenters. The fourth-order valence-electron chi connectivity index (χ4n) is 1.51. The number of nitro benzene ring substituents is 1. The number of benzene rings is 1. The molecule has 1 unspecified atom stereocenters. The topological polar surface area (TPSA) is 75.4 Å². The van der Waals surface area contributed by atoms with Crippen LogP contribution in [0.1, 0.15) is 25.3 Å². The summed E-state index contributed by atoms with van der Waals surface area (Å²) in [5.41, 5.74) is 0.724. The maximum absolute atomic E-state index is 10.7. The van der Waals surface area contributed by atoms with E-state index in [4.69, 9.17) is 11.6 Å². The van der Waals surface area contributed by atoms with Crippen molar-refractivity contribution in [3.63, 3.8) is 0 Å².